The van der Waals surface area contributed by atoms with Crippen molar-refractivity contribution in [3.63, 3.8) is 0 Å². The number of carbonyl (C=O) groups excluding carboxylic acids is 2. The second-order valence-corrected chi connectivity index (χ2v) is 7.70. The molecular formula is C19H24N2O3. The molecule has 1 aromatic carbocycles. The molecule has 4 rings (SSSR count). The third-order valence-corrected chi connectivity index (χ3v) is 5.58. The fourth-order valence-corrected chi connectivity index (χ4v) is 4.22. The molecule has 1 heterocycles. The van der Waals surface area contributed by atoms with Crippen LogP contribution in [0.2, 0.25) is 0 Å². The Morgan fingerprint density at radius 1 is 1.12 bits per heavy atom. The smallest absolute Gasteiger partial charge is 0.325 e. The Kier molecular flexibility index (Phi) is 3.46. The predicted octanol–water partition coefficient (Wildman–Crippen LogP) is 2.45. The summed E-state index contributed by atoms with van der Waals surface area (Å²) in [5, 5.41) is 13.6. The van der Waals surface area contributed by atoms with Crippen LogP contribution in [0.4, 0.5) is 4.79 Å². The molecule has 2 saturated carbocycles. The van der Waals surface area contributed by atoms with E-state index in [1.54, 1.807) is 0 Å². The standard InChI is InChI=1S/C19H24N2O3/c1-11-7-12(2)9-13(8-11)16(22)10-21-17(23)19(14-3-4-14,15-5-6-15)20-18(21)24/h7-9,14-16,22H,3-6,10H2,1-2H3,(H,20,24)/t16-/m0/s1. The second-order valence-electron chi connectivity index (χ2n) is 7.70. The number of aliphatic hydroxyl groups is 1. The number of hydrogen-bond donors (Lipinski definition) is 2. The normalized spacial score (nSPS) is 24.2. The number of aryl methyl sites for hydroxylation is 2. The maximum atomic E-state index is 13.0. The number of hydrogen-bond acceptors (Lipinski definition) is 3. The monoisotopic (exact) mass is 328 g/mol. The third kappa shape index (κ3) is 2.42. The zero-order chi connectivity index (χ0) is 17.1. The van der Waals surface area contributed by atoms with Gasteiger partial charge in [0, 0.05) is 0 Å². The second kappa shape index (κ2) is 5.31. The van der Waals surface area contributed by atoms with Crippen LogP contribution in [-0.2, 0) is 4.79 Å². The van der Waals surface area contributed by atoms with E-state index in [1.807, 2.05) is 32.0 Å². The van der Waals surface area contributed by atoms with Gasteiger partial charge >= 0.3 is 6.03 Å². The molecule has 1 saturated heterocycles. The van der Waals surface area contributed by atoms with E-state index in [0.29, 0.717) is 0 Å². The molecule has 128 valence electrons. The van der Waals surface area contributed by atoms with Crippen molar-refractivity contribution in [3.8, 4) is 0 Å². The highest BCUT2D eigenvalue weighted by molar-refractivity contribution is 6.08. The van der Waals surface area contributed by atoms with Crippen molar-refractivity contribution in [2.75, 3.05) is 6.54 Å². The summed E-state index contributed by atoms with van der Waals surface area (Å²) in [6.45, 7) is 3.97. The Hall–Kier alpha value is -1.88. The van der Waals surface area contributed by atoms with Gasteiger partial charge in [0.2, 0.25) is 0 Å². The molecule has 2 N–H and O–H groups in total. The number of rotatable bonds is 5. The first-order valence-corrected chi connectivity index (χ1v) is 8.82. The van der Waals surface area contributed by atoms with Gasteiger partial charge in [-0.25, -0.2) is 4.79 Å². The van der Waals surface area contributed by atoms with Crippen molar-refractivity contribution in [2.45, 2.75) is 51.2 Å². The summed E-state index contributed by atoms with van der Waals surface area (Å²) < 4.78 is 0. The Labute approximate surface area is 142 Å². The fraction of sp³-hybridized carbons (Fsp3) is 0.579. The van der Waals surface area contributed by atoms with E-state index in [-0.39, 0.29) is 30.3 Å². The molecule has 0 radical (unpaired) electrons. The van der Waals surface area contributed by atoms with Crippen molar-refractivity contribution in [2.24, 2.45) is 11.8 Å². The highest BCUT2D eigenvalue weighted by Crippen LogP contribution is 2.54. The van der Waals surface area contributed by atoms with Crippen LogP contribution < -0.4 is 5.32 Å². The number of β-amino-alcohol motifs (C(OH)–C–C–N with tert-alkyl or cyclic N) is 1. The SMILES string of the molecule is Cc1cc(C)cc([C@@H](O)CN2C(=O)NC(C3CC3)(C3CC3)C2=O)c1. The molecule has 3 fully saturated rings. The quantitative estimate of drug-likeness (QED) is 0.816. The Bertz CT molecular complexity index is 674. The molecule has 1 aromatic rings. The molecular weight excluding hydrogens is 304 g/mol. The zero-order valence-electron chi connectivity index (χ0n) is 14.2. The van der Waals surface area contributed by atoms with Crippen molar-refractivity contribution in [1.29, 1.82) is 0 Å². The van der Waals surface area contributed by atoms with Crippen molar-refractivity contribution >= 4 is 11.9 Å². The number of carbonyl (C=O) groups is 2. The van der Waals surface area contributed by atoms with Crippen molar-refractivity contribution in [3.05, 3.63) is 34.9 Å². The Morgan fingerprint density at radius 3 is 2.17 bits per heavy atom. The van der Waals surface area contributed by atoms with Gasteiger partial charge in [-0.2, -0.15) is 0 Å². The molecule has 5 heteroatoms. The van der Waals surface area contributed by atoms with E-state index < -0.39 is 11.6 Å². The molecule has 0 spiro atoms. The maximum Gasteiger partial charge on any atom is 0.325 e. The van der Waals surface area contributed by atoms with E-state index in [0.717, 1.165) is 42.4 Å². The van der Waals surface area contributed by atoms with Gasteiger partial charge in [-0.05, 0) is 56.9 Å². The van der Waals surface area contributed by atoms with Crippen LogP contribution in [0.5, 0.6) is 0 Å². The first-order chi connectivity index (χ1) is 11.4. The predicted molar refractivity (Wildman–Crippen MR) is 89.3 cm³/mol. The Balaban J connectivity index is 1.56. The topological polar surface area (TPSA) is 69.6 Å². The highest BCUT2D eigenvalue weighted by atomic mass is 16.3. The first-order valence-electron chi connectivity index (χ1n) is 8.82. The summed E-state index contributed by atoms with van der Waals surface area (Å²) >= 11 is 0. The minimum Gasteiger partial charge on any atom is -0.387 e. The summed E-state index contributed by atoms with van der Waals surface area (Å²) in [4.78, 5) is 26.7. The van der Waals surface area contributed by atoms with Gasteiger partial charge in [0.15, 0.2) is 0 Å². The van der Waals surface area contributed by atoms with Crippen LogP contribution in [0.15, 0.2) is 18.2 Å². The lowest BCUT2D eigenvalue weighted by Gasteiger charge is -2.27. The van der Waals surface area contributed by atoms with E-state index in [1.165, 1.54) is 4.90 Å². The lowest BCUT2D eigenvalue weighted by molar-refractivity contribution is -0.133. The lowest BCUT2D eigenvalue weighted by Crippen LogP contribution is -2.51. The van der Waals surface area contributed by atoms with Gasteiger partial charge in [-0.1, -0.05) is 29.3 Å². The zero-order valence-corrected chi connectivity index (χ0v) is 14.2. The highest BCUT2D eigenvalue weighted by Gasteiger charge is 2.65. The molecule has 0 unspecified atom stereocenters. The van der Waals surface area contributed by atoms with Gasteiger partial charge in [0.05, 0.1) is 12.6 Å². The number of amides is 3. The molecule has 1 aliphatic heterocycles. The van der Waals surface area contributed by atoms with Gasteiger partial charge < -0.3 is 10.4 Å². The van der Waals surface area contributed by atoms with Crippen LogP contribution in [0, 0.1) is 25.7 Å². The van der Waals surface area contributed by atoms with Crippen molar-refractivity contribution < 1.29 is 14.7 Å². The molecule has 5 nitrogen and oxygen atoms in total. The number of imide groups is 1. The summed E-state index contributed by atoms with van der Waals surface area (Å²) in [5.74, 6) is 0.440. The number of nitrogens with one attached hydrogen (secondary N) is 1. The van der Waals surface area contributed by atoms with Gasteiger partial charge in [-0.3, -0.25) is 9.69 Å². The molecule has 24 heavy (non-hydrogen) atoms. The molecule has 2 aliphatic carbocycles. The summed E-state index contributed by atoms with van der Waals surface area (Å²) in [7, 11) is 0. The van der Waals surface area contributed by atoms with Crippen LogP contribution in [-0.4, -0.2) is 34.0 Å². The van der Waals surface area contributed by atoms with Crippen molar-refractivity contribution in [1.82, 2.24) is 10.2 Å². The summed E-state index contributed by atoms with van der Waals surface area (Å²) in [5.41, 5.74) is 2.20. The van der Waals surface area contributed by atoms with Crippen LogP contribution in [0.3, 0.4) is 0 Å². The number of aliphatic hydroxyl groups excluding tert-OH is 1. The molecule has 3 amide bonds. The summed E-state index contributed by atoms with van der Waals surface area (Å²) in [6.07, 6.45) is 3.19. The van der Waals surface area contributed by atoms with E-state index in [2.05, 4.69) is 5.32 Å². The van der Waals surface area contributed by atoms with Crippen LogP contribution in [0.1, 0.15) is 48.5 Å². The average molecular weight is 328 g/mol. The minimum atomic E-state index is -0.854. The fourth-order valence-electron chi connectivity index (χ4n) is 4.22. The summed E-state index contributed by atoms with van der Waals surface area (Å²) in [6, 6.07) is 5.51. The van der Waals surface area contributed by atoms with E-state index in [4.69, 9.17) is 0 Å². The van der Waals surface area contributed by atoms with Gasteiger partial charge in [-0.15, -0.1) is 0 Å². The number of urea groups is 1. The maximum absolute atomic E-state index is 13.0. The lowest BCUT2D eigenvalue weighted by atomic mass is 9.87. The first kappa shape index (κ1) is 15.6. The average Bonchev–Trinajstić information content (AvgIpc) is 3.40. The van der Waals surface area contributed by atoms with E-state index in [9.17, 15) is 14.7 Å². The third-order valence-electron chi connectivity index (χ3n) is 5.58. The van der Waals surface area contributed by atoms with E-state index >= 15 is 0 Å². The molecule has 3 aliphatic rings. The number of nitrogens with zero attached hydrogens (tertiary/aromatic N) is 1. The molecule has 0 aromatic heterocycles. The largest absolute Gasteiger partial charge is 0.387 e. The molecule has 0 bridgehead atoms. The number of benzene rings is 1. The van der Waals surface area contributed by atoms with Gasteiger partial charge in [0.1, 0.15) is 5.54 Å². The minimum absolute atomic E-state index is 0.0226. The molecule has 1 atom stereocenters. The van der Waals surface area contributed by atoms with Crippen LogP contribution in [0.25, 0.3) is 0 Å². The van der Waals surface area contributed by atoms with Crippen LogP contribution >= 0.6 is 0 Å². The van der Waals surface area contributed by atoms with Gasteiger partial charge in [0.25, 0.3) is 5.91 Å². The Morgan fingerprint density at radius 2 is 1.67 bits per heavy atom.